The standard InChI is InChI=1S/C21H22F4N2O5/c1-3-14(13-6-4-5-7-15(13)31-20(22)23)27-18(28)11-26-19(29)12-8-9-16(32-21(24)25)17(10-12)30-2/h4-10,14,20-21H,3,11H2,1-2H3,(H,26,29)(H,27,28). The highest BCUT2D eigenvalue weighted by Gasteiger charge is 2.20. The molecule has 0 aliphatic carbocycles. The van der Waals surface area contributed by atoms with Crippen LogP contribution in [0, 0.1) is 0 Å². The molecule has 0 aromatic heterocycles. The van der Waals surface area contributed by atoms with Gasteiger partial charge in [-0.3, -0.25) is 9.59 Å². The normalized spacial score (nSPS) is 11.8. The van der Waals surface area contributed by atoms with Crippen molar-refractivity contribution in [3.05, 3.63) is 53.6 Å². The van der Waals surface area contributed by atoms with Crippen molar-refractivity contribution in [1.29, 1.82) is 0 Å². The van der Waals surface area contributed by atoms with Crippen molar-refractivity contribution in [1.82, 2.24) is 10.6 Å². The van der Waals surface area contributed by atoms with Crippen LogP contribution in [0.25, 0.3) is 0 Å². The second-order valence-electron chi connectivity index (χ2n) is 6.37. The van der Waals surface area contributed by atoms with Gasteiger partial charge in [-0.1, -0.05) is 25.1 Å². The van der Waals surface area contributed by atoms with Gasteiger partial charge < -0.3 is 24.8 Å². The van der Waals surface area contributed by atoms with E-state index in [-0.39, 0.29) is 22.8 Å². The van der Waals surface area contributed by atoms with Gasteiger partial charge in [0, 0.05) is 11.1 Å². The summed E-state index contributed by atoms with van der Waals surface area (Å²) in [6.45, 7) is -4.74. The molecule has 2 N–H and O–H groups in total. The summed E-state index contributed by atoms with van der Waals surface area (Å²) in [7, 11) is 1.23. The molecule has 32 heavy (non-hydrogen) atoms. The minimum absolute atomic E-state index is 0.0546. The molecule has 11 heteroatoms. The molecule has 0 fully saturated rings. The first-order valence-electron chi connectivity index (χ1n) is 9.49. The van der Waals surface area contributed by atoms with E-state index in [1.54, 1.807) is 19.1 Å². The van der Waals surface area contributed by atoms with Crippen LogP contribution >= 0.6 is 0 Å². The number of para-hydroxylation sites is 1. The molecule has 174 valence electrons. The average molecular weight is 458 g/mol. The van der Waals surface area contributed by atoms with Crippen LogP contribution in [0.1, 0.15) is 35.3 Å². The molecule has 2 amide bonds. The van der Waals surface area contributed by atoms with Crippen molar-refractivity contribution >= 4 is 11.8 Å². The Kier molecular flexibility index (Phi) is 9.11. The molecule has 2 aromatic rings. The van der Waals surface area contributed by atoms with Gasteiger partial charge in [-0.25, -0.2) is 0 Å². The maximum Gasteiger partial charge on any atom is 0.387 e. The number of carbonyl (C=O) groups is 2. The number of carbonyl (C=O) groups excluding carboxylic acids is 2. The highest BCUT2D eigenvalue weighted by Crippen LogP contribution is 2.30. The summed E-state index contributed by atoms with van der Waals surface area (Å²) >= 11 is 0. The minimum atomic E-state index is -3.06. The number of hydrogen-bond acceptors (Lipinski definition) is 5. The van der Waals surface area contributed by atoms with E-state index in [0.29, 0.717) is 12.0 Å². The molecule has 0 aliphatic rings. The van der Waals surface area contributed by atoms with Crippen LogP contribution in [-0.2, 0) is 4.79 Å². The summed E-state index contributed by atoms with van der Waals surface area (Å²) in [6.07, 6.45) is 0.381. The lowest BCUT2D eigenvalue weighted by Gasteiger charge is -2.20. The zero-order chi connectivity index (χ0) is 23.7. The Hall–Kier alpha value is -3.50. The van der Waals surface area contributed by atoms with E-state index in [9.17, 15) is 27.2 Å². The van der Waals surface area contributed by atoms with Crippen molar-refractivity contribution in [3.8, 4) is 17.2 Å². The Labute approximate surface area is 181 Å². The number of rotatable bonds is 11. The van der Waals surface area contributed by atoms with Gasteiger partial charge in [0.1, 0.15) is 5.75 Å². The molecule has 0 heterocycles. The summed E-state index contributed by atoms with van der Waals surface area (Å²) in [5.74, 6) is -1.61. The summed E-state index contributed by atoms with van der Waals surface area (Å²) in [4.78, 5) is 24.6. The topological polar surface area (TPSA) is 85.9 Å². The molecule has 7 nitrogen and oxygen atoms in total. The average Bonchev–Trinajstić information content (AvgIpc) is 2.75. The highest BCUT2D eigenvalue weighted by atomic mass is 19.3. The molecule has 0 radical (unpaired) electrons. The Morgan fingerprint density at radius 1 is 0.938 bits per heavy atom. The lowest BCUT2D eigenvalue weighted by atomic mass is 10.0. The van der Waals surface area contributed by atoms with Crippen LogP contribution < -0.4 is 24.8 Å². The van der Waals surface area contributed by atoms with E-state index in [0.717, 1.165) is 6.07 Å². The lowest BCUT2D eigenvalue weighted by Crippen LogP contribution is -2.38. The lowest BCUT2D eigenvalue weighted by molar-refractivity contribution is -0.120. The van der Waals surface area contributed by atoms with E-state index in [1.165, 1.54) is 31.4 Å². The van der Waals surface area contributed by atoms with Gasteiger partial charge in [0.15, 0.2) is 11.5 Å². The zero-order valence-corrected chi connectivity index (χ0v) is 17.2. The third-order valence-corrected chi connectivity index (χ3v) is 4.31. The molecule has 2 aromatic carbocycles. The minimum Gasteiger partial charge on any atom is -0.493 e. The summed E-state index contributed by atoms with van der Waals surface area (Å²) < 4.78 is 63.8. The van der Waals surface area contributed by atoms with Gasteiger partial charge in [-0.2, -0.15) is 17.6 Å². The maximum atomic E-state index is 12.6. The van der Waals surface area contributed by atoms with Crippen LogP contribution in [0.3, 0.4) is 0 Å². The van der Waals surface area contributed by atoms with Crippen molar-refractivity contribution in [3.63, 3.8) is 0 Å². The second kappa shape index (κ2) is 11.8. The monoisotopic (exact) mass is 458 g/mol. The van der Waals surface area contributed by atoms with Crippen LogP contribution in [0.5, 0.6) is 17.2 Å². The number of nitrogens with one attached hydrogen (secondary N) is 2. The molecule has 0 spiro atoms. The zero-order valence-electron chi connectivity index (χ0n) is 17.2. The molecular formula is C21H22F4N2O5. The number of methoxy groups -OCH3 is 1. The smallest absolute Gasteiger partial charge is 0.387 e. The molecule has 0 bridgehead atoms. The first-order chi connectivity index (χ1) is 15.2. The van der Waals surface area contributed by atoms with Crippen molar-refractivity contribution in [2.75, 3.05) is 13.7 Å². The molecule has 1 atom stereocenters. The van der Waals surface area contributed by atoms with Crippen LogP contribution in [0.15, 0.2) is 42.5 Å². The fraction of sp³-hybridized carbons (Fsp3) is 0.333. The van der Waals surface area contributed by atoms with Gasteiger partial charge in [0.05, 0.1) is 19.7 Å². The van der Waals surface area contributed by atoms with E-state index < -0.39 is 37.6 Å². The van der Waals surface area contributed by atoms with E-state index >= 15 is 0 Å². The number of benzene rings is 2. The van der Waals surface area contributed by atoms with Crippen LogP contribution in [0.4, 0.5) is 17.6 Å². The number of alkyl halides is 4. The van der Waals surface area contributed by atoms with Gasteiger partial charge in [0.2, 0.25) is 5.91 Å². The first-order valence-corrected chi connectivity index (χ1v) is 9.49. The predicted molar refractivity (Wildman–Crippen MR) is 106 cm³/mol. The third kappa shape index (κ3) is 7.03. The molecule has 0 aliphatic heterocycles. The largest absolute Gasteiger partial charge is 0.493 e. The predicted octanol–water partition coefficient (Wildman–Crippen LogP) is 3.90. The summed E-state index contributed by atoms with van der Waals surface area (Å²) in [5.41, 5.74) is 0.424. The van der Waals surface area contributed by atoms with E-state index in [2.05, 4.69) is 20.1 Å². The van der Waals surface area contributed by atoms with Crippen LogP contribution in [0.2, 0.25) is 0 Å². The number of ether oxygens (including phenoxy) is 3. The summed E-state index contributed by atoms with van der Waals surface area (Å²) in [6, 6.07) is 9.03. The van der Waals surface area contributed by atoms with Gasteiger partial charge in [0.25, 0.3) is 5.91 Å². The second-order valence-corrected chi connectivity index (χ2v) is 6.37. The Balaban J connectivity index is 2.01. The number of amides is 2. The molecule has 0 saturated carbocycles. The number of halogens is 4. The van der Waals surface area contributed by atoms with E-state index in [1.807, 2.05) is 0 Å². The Morgan fingerprint density at radius 2 is 1.59 bits per heavy atom. The number of hydrogen-bond donors (Lipinski definition) is 2. The molecule has 2 rings (SSSR count). The summed E-state index contributed by atoms with van der Waals surface area (Å²) in [5, 5.41) is 5.04. The maximum absolute atomic E-state index is 12.6. The van der Waals surface area contributed by atoms with Gasteiger partial charge in [-0.05, 0) is 30.7 Å². The van der Waals surface area contributed by atoms with Gasteiger partial charge >= 0.3 is 13.2 Å². The Bertz CT molecular complexity index is 927. The first kappa shape index (κ1) is 24.8. The van der Waals surface area contributed by atoms with E-state index in [4.69, 9.17) is 4.74 Å². The Morgan fingerprint density at radius 3 is 2.22 bits per heavy atom. The molecular weight excluding hydrogens is 436 g/mol. The van der Waals surface area contributed by atoms with Gasteiger partial charge in [-0.15, -0.1) is 0 Å². The SMILES string of the molecule is CCC(NC(=O)CNC(=O)c1ccc(OC(F)F)c(OC)c1)c1ccccc1OC(F)F. The highest BCUT2D eigenvalue weighted by molar-refractivity contribution is 5.97. The van der Waals surface area contributed by atoms with Crippen molar-refractivity contribution in [2.24, 2.45) is 0 Å². The van der Waals surface area contributed by atoms with Crippen molar-refractivity contribution < 1.29 is 41.4 Å². The van der Waals surface area contributed by atoms with Crippen molar-refractivity contribution in [2.45, 2.75) is 32.6 Å². The van der Waals surface area contributed by atoms with Crippen LogP contribution in [-0.4, -0.2) is 38.7 Å². The molecule has 0 saturated heterocycles. The fourth-order valence-electron chi connectivity index (χ4n) is 2.88. The fourth-order valence-corrected chi connectivity index (χ4v) is 2.88. The third-order valence-electron chi connectivity index (χ3n) is 4.31. The molecule has 1 unspecified atom stereocenters. The quantitative estimate of drug-likeness (QED) is 0.499.